The number of anilines is 1. The van der Waals surface area contributed by atoms with Gasteiger partial charge >= 0.3 is 0 Å². The van der Waals surface area contributed by atoms with Crippen molar-refractivity contribution < 1.29 is 9.21 Å². The van der Waals surface area contributed by atoms with Gasteiger partial charge in [-0.2, -0.15) is 0 Å². The largest absolute Gasteiger partial charge is 0.415 e. The predicted molar refractivity (Wildman–Crippen MR) is 77.5 cm³/mol. The van der Waals surface area contributed by atoms with Gasteiger partial charge in [0.05, 0.1) is 12.3 Å². The van der Waals surface area contributed by atoms with Gasteiger partial charge < -0.3 is 15.5 Å². The van der Waals surface area contributed by atoms with Crippen LogP contribution in [0.5, 0.6) is 0 Å². The van der Waals surface area contributed by atoms with Crippen molar-refractivity contribution in [1.82, 2.24) is 10.2 Å². The van der Waals surface area contributed by atoms with Gasteiger partial charge in [-0.05, 0) is 25.5 Å². The van der Waals surface area contributed by atoms with Crippen LogP contribution in [0.2, 0.25) is 0 Å². The van der Waals surface area contributed by atoms with E-state index in [9.17, 15) is 4.79 Å². The van der Waals surface area contributed by atoms with E-state index in [1.165, 1.54) is 11.8 Å². The molecule has 1 amide bonds. The van der Waals surface area contributed by atoms with Gasteiger partial charge in [0.1, 0.15) is 0 Å². The summed E-state index contributed by atoms with van der Waals surface area (Å²) in [4.78, 5) is 11.9. The van der Waals surface area contributed by atoms with Crippen molar-refractivity contribution in [3.05, 3.63) is 35.2 Å². The predicted octanol–water partition coefficient (Wildman–Crippen LogP) is 1.88. The molecule has 0 bridgehead atoms. The molecule has 0 atom stereocenters. The zero-order valence-electron chi connectivity index (χ0n) is 11.3. The SMILES string of the molecule is Cc1ccc(NC(=O)CSc2nnc(CN)o2)c(C)c1. The Labute approximate surface area is 121 Å². The molecule has 0 spiro atoms. The first-order valence-corrected chi connectivity index (χ1v) is 7.09. The number of hydrogen-bond donors (Lipinski definition) is 2. The average molecular weight is 292 g/mol. The minimum Gasteiger partial charge on any atom is -0.415 e. The Morgan fingerprint density at radius 2 is 2.20 bits per heavy atom. The summed E-state index contributed by atoms with van der Waals surface area (Å²) < 4.78 is 5.21. The van der Waals surface area contributed by atoms with Crippen molar-refractivity contribution in [3.63, 3.8) is 0 Å². The fraction of sp³-hybridized carbons (Fsp3) is 0.308. The average Bonchev–Trinajstić information content (AvgIpc) is 2.88. The molecular formula is C13H16N4O2S. The van der Waals surface area contributed by atoms with E-state index in [4.69, 9.17) is 10.2 Å². The summed E-state index contributed by atoms with van der Waals surface area (Å²) in [6, 6.07) is 5.88. The highest BCUT2D eigenvalue weighted by Crippen LogP contribution is 2.19. The number of aromatic nitrogens is 2. The molecule has 106 valence electrons. The maximum absolute atomic E-state index is 11.9. The van der Waals surface area contributed by atoms with Crippen LogP contribution in [0.15, 0.2) is 27.8 Å². The second-order valence-corrected chi connectivity index (χ2v) is 5.25. The highest BCUT2D eigenvalue weighted by molar-refractivity contribution is 7.99. The molecule has 0 saturated carbocycles. The lowest BCUT2D eigenvalue weighted by molar-refractivity contribution is -0.113. The number of nitrogens with two attached hydrogens (primary N) is 1. The van der Waals surface area contributed by atoms with Gasteiger partial charge in [0, 0.05) is 5.69 Å². The van der Waals surface area contributed by atoms with Crippen molar-refractivity contribution in [2.75, 3.05) is 11.1 Å². The van der Waals surface area contributed by atoms with E-state index in [0.717, 1.165) is 16.8 Å². The molecule has 0 aliphatic heterocycles. The molecule has 0 aliphatic rings. The quantitative estimate of drug-likeness (QED) is 0.817. The van der Waals surface area contributed by atoms with E-state index in [0.29, 0.717) is 11.1 Å². The van der Waals surface area contributed by atoms with E-state index in [-0.39, 0.29) is 18.2 Å². The zero-order chi connectivity index (χ0) is 14.5. The molecule has 1 aromatic carbocycles. The summed E-state index contributed by atoms with van der Waals surface area (Å²) in [7, 11) is 0. The Morgan fingerprint density at radius 1 is 1.40 bits per heavy atom. The number of benzene rings is 1. The van der Waals surface area contributed by atoms with Gasteiger partial charge in [0.2, 0.25) is 11.8 Å². The Balaban J connectivity index is 1.89. The lowest BCUT2D eigenvalue weighted by atomic mass is 10.1. The minimum absolute atomic E-state index is 0.116. The molecule has 2 rings (SSSR count). The molecule has 20 heavy (non-hydrogen) atoms. The van der Waals surface area contributed by atoms with Crippen LogP contribution in [0.4, 0.5) is 5.69 Å². The standard InChI is InChI=1S/C13H16N4O2S/c1-8-3-4-10(9(2)5-8)15-11(18)7-20-13-17-16-12(6-14)19-13/h3-5H,6-7,14H2,1-2H3,(H,15,18). The van der Waals surface area contributed by atoms with Crippen LogP contribution in [0.1, 0.15) is 17.0 Å². The van der Waals surface area contributed by atoms with Crippen LogP contribution in [-0.2, 0) is 11.3 Å². The fourth-order valence-electron chi connectivity index (χ4n) is 1.65. The molecule has 3 N–H and O–H groups in total. The van der Waals surface area contributed by atoms with Crippen molar-refractivity contribution in [2.24, 2.45) is 5.73 Å². The van der Waals surface area contributed by atoms with Crippen LogP contribution in [0.25, 0.3) is 0 Å². The fourth-order valence-corrected chi connectivity index (χ4v) is 2.23. The van der Waals surface area contributed by atoms with E-state index in [2.05, 4.69) is 15.5 Å². The van der Waals surface area contributed by atoms with Crippen LogP contribution < -0.4 is 11.1 Å². The first-order valence-electron chi connectivity index (χ1n) is 6.11. The number of rotatable bonds is 5. The van der Waals surface area contributed by atoms with Crippen LogP contribution >= 0.6 is 11.8 Å². The minimum atomic E-state index is -0.116. The van der Waals surface area contributed by atoms with E-state index in [1.807, 2.05) is 32.0 Å². The second-order valence-electron chi connectivity index (χ2n) is 4.32. The van der Waals surface area contributed by atoms with Crippen LogP contribution in [0.3, 0.4) is 0 Å². The summed E-state index contributed by atoms with van der Waals surface area (Å²) in [6.45, 7) is 4.17. The van der Waals surface area contributed by atoms with E-state index >= 15 is 0 Å². The Kier molecular flexibility index (Phi) is 4.75. The summed E-state index contributed by atoms with van der Waals surface area (Å²) in [5, 5.41) is 10.7. The van der Waals surface area contributed by atoms with E-state index < -0.39 is 0 Å². The first kappa shape index (κ1) is 14.5. The Hall–Kier alpha value is -1.86. The molecule has 0 unspecified atom stereocenters. The smallest absolute Gasteiger partial charge is 0.277 e. The van der Waals surface area contributed by atoms with Crippen molar-refractivity contribution in [3.8, 4) is 0 Å². The number of thioether (sulfide) groups is 1. The maximum atomic E-state index is 11.9. The molecule has 0 aliphatic carbocycles. The highest BCUT2D eigenvalue weighted by atomic mass is 32.2. The molecule has 1 aromatic heterocycles. The maximum Gasteiger partial charge on any atom is 0.277 e. The molecule has 6 nitrogen and oxygen atoms in total. The number of carbonyl (C=O) groups excluding carboxylic acids is 1. The Bertz CT molecular complexity index is 612. The first-order chi connectivity index (χ1) is 9.58. The summed E-state index contributed by atoms with van der Waals surface area (Å²) in [6.07, 6.45) is 0. The monoisotopic (exact) mass is 292 g/mol. The number of amides is 1. The van der Waals surface area contributed by atoms with Crippen LogP contribution in [0, 0.1) is 13.8 Å². The van der Waals surface area contributed by atoms with Crippen molar-refractivity contribution in [2.45, 2.75) is 25.6 Å². The third-order valence-electron chi connectivity index (χ3n) is 2.61. The van der Waals surface area contributed by atoms with Gasteiger partial charge in [0.15, 0.2) is 0 Å². The van der Waals surface area contributed by atoms with Gasteiger partial charge in [-0.1, -0.05) is 29.5 Å². The third kappa shape index (κ3) is 3.82. The number of nitrogens with zero attached hydrogens (tertiary/aromatic N) is 2. The van der Waals surface area contributed by atoms with E-state index in [1.54, 1.807) is 0 Å². The summed E-state index contributed by atoms with van der Waals surface area (Å²) in [5.74, 6) is 0.455. The molecule has 0 saturated heterocycles. The van der Waals surface area contributed by atoms with Gasteiger partial charge in [0.25, 0.3) is 5.22 Å². The Morgan fingerprint density at radius 3 is 2.85 bits per heavy atom. The van der Waals surface area contributed by atoms with Crippen LogP contribution in [-0.4, -0.2) is 21.9 Å². The van der Waals surface area contributed by atoms with Crippen molar-refractivity contribution >= 4 is 23.4 Å². The number of carbonyl (C=O) groups is 1. The molecule has 0 radical (unpaired) electrons. The lowest BCUT2D eigenvalue weighted by Crippen LogP contribution is -2.14. The molecule has 0 fully saturated rings. The molecular weight excluding hydrogens is 276 g/mol. The van der Waals surface area contributed by atoms with Gasteiger partial charge in [-0.15, -0.1) is 10.2 Å². The normalized spacial score (nSPS) is 10.6. The zero-order valence-corrected chi connectivity index (χ0v) is 12.2. The molecule has 7 heteroatoms. The molecule has 1 heterocycles. The van der Waals surface area contributed by atoms with Crippen molar-refractivity contribution in [1.29, 1.82) is 0 Å². The summed E-state index contributed by atoms with van der Waals surface area (Å²) >= 11 is 1.19. The number of nitrogens with one attached hydrogen (secondary N) is 1. The lowest BCUT2D eigenvalue weighted by Gasteiger charge is -2.08. The van der Waals surface area contributed by atoms with Gasteiger partial charge in [-0.3, -0.25) is 4.79 Å². The second kappa shape index (κ2) is 6.53. The molecule has 2 aromatic rings. The topological polar surface area (TPSA) is 94.0 Å². The third-order valence-corrected chi connectivity index (χ3v) is 3.42. The highest BCUT2D eigenvalue weighted by Gasteiger charge is 2.10. The number of aryl methyl sites for hydroxylation is 2. The summed E-state index contributed by atoms with van der Waals surface area (Å²) in [5.41, 5.74) is 8.38. The van der Waals surface area contributed by atoms with Gasteiger partial charge in [-0.25, -0.2) is 0 Å². The number of hydrogen-bond acceptors (Lipinski definition) is 6.